The van der Waals surface area contributed by atoms with Crippen molar-refractivity contribution >= 4 is 11.9 Å². The Kier molecular flexibility index (Phi) is 7.50. The highest BCUT2D eigenvalue weighted by molar-refractivity contribution is 5.95. The predicted molar refractivity (Wildman–Crippen MR) is 146 cm³/mol. The van der Waals surface area contributed by atoms with Gasteiger partial charge in [0.1, 0.15) is 0 Å². The maximum absolute atomic E-state index is 13.7. The third-order valence-electron chi connectivity index (χ3n) is 9.54. The minimum absolute atomic E-state index is 0.0450. The van der Waals surface area contributed by atoms with Gasteiger partial charge in [-0.2, -0.15) is 18.3 Å². The van der Waals surface area contributed by atoms with Crippen molar-refractivity contribution in [2.45, 2.75) is 87.4 Å². The van der Waals surface area contributed by atoms with Crippen LogP contribution in [0.25, 0.3) is 0 Å². The first-order valence-corrected chi connectivity index (χ1v) is 14.9. The number of benzene rings is 1. The van der Waals surface area contributed by atoms with Crippen LogP contribution in [0.3, 0.4) is 0 Å². The first-order valence-electron chi connectivity index (χ1n) is 14.9. The lowest BCUT2D eigenvalue weighted by Gasteiger charge is -2.36. The highest BCUT2D eigenvalue weighted by Gasteiger charge is 2.41. The van der Waals surface area contributed by atoms with E-state index in [1.165, 1.54) is 12.1 Å². The number of aliphatic hydroxyl groups excluding tert-OH is 1. The largest absolute Gasteiger partial charge is 0.416 e. The van der Waals surface area contributed by atoms with Crippen molar-refractivity contribution < 1.29 is 27.9 Å². The molecule has 3 heterocycles. The summed E-state index contributed by atoms with van der Waals surface area (Å²) in [5, 5.41) is 17.6. The Bertz CT molecular complexity index is 1280. The molecule has 0 unspecified atom stereocenters. The van der Waals surface area contributed by atoms with Crippen molar-refractivity contribution in [2.75, 3.05) is 32.8 Å². The summed E-state index contributed by atoms with van der Waals surface area (Å²) in [5.41, 5.74) is 0.613. The first kappa shape index (κ1) is 28.1. The zero-order chi connectivity index (χ0) is 28.8. The normalized spacial score (nSPS) is 23.3. The summed E-state index contributed by atoms with van der Waals surface area (Å²) in [6, 6.07) is 5.60. The molecule has 0 bridgehead atoms. The van der Waals surface area contributed by atoms with E-state index in [0.29, 0.717) is 44.5 Å². The van der Waals surface area contributed by atoms with Crippen LogP contribution in [0.1, 0.15) is 103 Å². The number of amides is 3. The molecule has 4 fully saturated rings. The molecule has 4 aliphatic rings. The summed E-state index contributed by atoms with van der Waals surface area (Å²) in [4.78, 5) is 30.1. The number of aliphatic hydroxyl groups is 1. The van der Waals surface area contributed by atoms with Gasteiger partial charge < -0.3 is 20.2 Å². The Morgan fingerprint density at radius 3 is 2.32 bits per heavy atom. The second kappa shape index (κ2) is 11.0. The highest BCUT2D eigenvalue weighted by atomic mass is 19.4. The summed E-state index contributed by atoms with van der Waals surface area (Å²) < 4.78 is 42.8. The molecule has 6 rings (SSSR count). The van der Waals surface area contributed by atoms with Crippen molar-refractivity contribution in [3.8, 4) is 0 Å². The number of nitrogens with zero attached hydrogens (tertiary/aromatic N) is 4. The van der Waals surface area contributed by atoms with Crippen molar-refractivity contribution in [2.24, 2.45) is 0 Å². The Morgan fingerprint density at radius 2 is 1.66 bits per heavy atom. The lowest BCUT2D eigenvalue weighted by molar-refractivity contribution is -0.138. The van der Waals surface area contributed by atoms with Crippen LogP contribution in [0.5, 0.6) is 0 Å². The Balaban J connectivity index is 1.12. The van der Waals surface area contributed by atoms with Crippen molar-refractivity contribution in [1.82, 2.24) is 24.9 Å². The molecule has 2 N–H and O–H groups in total. The van der Waals surface area contributed by atoms with Gasteiger partial charge in [0.2, 0.25) is 0 Å². The minimum Gasteiger partial charge on any atom is -0.394 e. The highest BCUT2D eigenvalue weighted by Crippen LogP contribution is 2.44. The molecule has 0 spiro atoms. The van der Waals surface area contributed by atoms with Crippen LogP contribution in [0, 0.1) is 0 Å². The van der Waals surface area contributed by atoms with E-state index in [1.807, 2.05) is 9.58 Å². The summed E-state index contributed by atoms with van der Waals surface area (Å²) in [6.07, 6.45) is 4.71. The molecule has 11 heteroatoms. The Morgan fingerprint density at radius 1 is 0.976 bits per heavy atom. The van der Waals surface area contributed by atoms with Crippen LogP contribution in [-0.2, 0) is 6.18 Å². The van der Waals surface area contributed by atoms with E-state index < -0.39 is 17.3 Å². The number of carbonyl (C=O) groups excluding carboxylic acids is 2. The second-order valence-corrected chi connectivity index (χ2v) is 12.3. The van der Waals surface area contributed by atoms with E-state index in [-0.39, 0.29) is 48.5 Å². The van der Waals surface area contributed by atoms with Crippen molar-refractivity contribution in [3.63, 3.8) is 0 Å². The Hall–Kier alpha value is -3.08. The second-order valence-electron chi connectivity index (χ2n) is 12.3. The number of piperidine rings is 1. The molecule has 1 atom stereocenters. The Labute approximate surface area is 237 Å². The lowest BCUT2D eigenvalue weighted by Crippen LogP contribution is -2.55. The number of hydrogen-bond acceptors (Lipinski definition) is 4. The summed E-state index contributed by atoms with van der Waals surface area (Å²) >= 11 is 0. The van der Waals surface area contributed by atoms with Gasteiger partial charge in [0.05, 0.1) is 41.2 Å². The number of carbonyl (C=O) groups is 2. The molecule has 8 nitrogen and oxygen atoms in total. The van der Waals surface area contributed by atoms with Crippen LogP contribution in [0.4, 0.5) is 18.0 Å². The molecular formula is C30H38F3N5O3. The van der Waals surface area contributed by atoms with Gasteiger partial charge in [-0.15, -0.1) is 0 Å². The molecule has 1 aromatic carbocycles. The fraction of sp³-hybridized carbons (Fsp3) is 0.633. The molecule has 2 saturated heterocycles. The van der Waals surface area contributed by atoms with Gasteiger partial charge in [-0.05, 0) is 56.6 Å². The van der Waals surface area contributed by atoms with E-state index in [2.05, 4.69) is 10.4 Å². The summed E-state index contributed by atoms with van der Waals surface area (Å²) in [7, 11) is 0. The summed E-state index contributed by atoms with van der Waals surface area (Å²) in [6.45, 7) is 1.75. The van der Waals surface area contributed by atoms with Gasteiger partial charge in [0.25, 0.3) is 5.91 Å². The number of halogens is 3. The average molecular weight is 574 g/mol. The molecule has 2 saturated carbocycles. The van der Waals surface area contributed by atoms with Crippen molar-refractivity contribution in [1.29, 1.82) is 0 Å². The number of nitrogens with one attached hydrogen (secondary N) is 1. The quantitative estimate of drug-likeness (QED) is 0.506. The number of alkyl halides is 3. The fourth-order valence-corrected chi connectivity index (χ4v) is 7.07. The molecule has 3 amide bonds. The van der Waals surface area contributed by atoms with Gasteiger partial charge in [-0.1, -0.05) is 31.0 Å². The van der Waals surface area contributed by atoms with Crippen LogP contribution < -0.4 is 5.32 Å². The molecular weight excluding hydrogens is 535 g/mol. The fourth-order valence-electron chi connectivity index (χ4n) is 7.07. The average Bonchev–Trinajstić information content (AvgIpc) is 3.34. The van der Waals surface area contributed by atoms with Gasteiger partial charge in [0.15, 0.2) is 0 Å². The monoisotopic (exact) mass is 573 g/mol. The number of hydrogen-bond donors (Lipinski definition) is 2. The molecule has 2 aromatic rings. The van der Waals surface area contributed by atoms with Crippen LogP contribution in [0.2, 0.25) is 0 Å². The first-order chi connectivity index (χ1) is 19.7. The molecule has 222 valence electrons. The van der Waals surface area contributed by atoms with Crippen LogP contribution in [0.15, 0.2) is 30.5 Å². The zero-order valence-electron chi connectivity index (χ0n) is 23.2. The third kappa shape index (κ3) is 5.57. The maximum Gasteiger partial charge on any atom is 0.416 e. The number of urea groups is 1. The maximum atomic E-state index is 13.7. The van der Waals surface area contributed by atoms with Crippen molar-refractivity contribution in [3.05, 3.63) is 52.8 Å². The topological polar surface area (TPSA) is 90.7 Å². The molecule has 2 aliphatic heterocycles. The third-order valence-corrected chi connectivity index (χ3v) is 9.54. The molecule has 0 radical (unpaired) electrons. The number of likely N-dealkylation sites (tertiary alicyclic amines) is 2. The lowest BCUT2D eigenvalue weighted by atomic mass is 9.93. The molecule has 41 heavy (non-hydrogen) atoms. The minimum atomic E-state index is -4.43. The SMILES string of the molecule is O=C(NC1(CO)CCCC1)N1CCC(n2ncc(C(=O)N3CC[C@@H](c4ccccc4C(F)(F)F)C3)c2C2CC2)CC1. The van der Waals surface area contributed by atoms with E-state index >= 15 is 0 Å². The smallest absolute Gasteiger partial charge is 0.394 e. The molecule has 2 aliphatic carbocycles. The summed E-state index contributed by atoms with van der Waals surface area (Å²) in [5.74, 6) is -0.261. The van der Waals surface area contributed by atoms with Gasteiger partial charge >= 0.3 is 12.2 Å². The van der Waals surface area contributed by atoms with E-state index in [4.69, 9.17) is 0 Å². The van der Waals surface area contributed by atoms with E-state index in [1.54, 1.807) is 17.2 Å². The van der Waals surface area contributed by atoms with Gasteiger partial charge in [-0.3, -0.25) is 9.48 Å². The van der Waals surface area contributed by atoms with E-state index in [0.717, 1.165) is 50.3 Å². The van der Waals surface area contributed by atoms with E-state index in [9.17, 15) is 27.9 Å². The standard InChI is InChI=1S/C30H38F3N5O3/c31-30(32,33)25-6-2-1-5-23(25)21-9-14-37(18-21)27(40)24-17-34-38(26(24)20-7-8-20)22-10-15-36(16-11-22)28(41)35-29(19-39)12-3-4-13-29/h1-2,5-6,17,20-22,39H,3-4,7-16,18-19H2,(H,35,41)/t21-/m1/s1. The van der Waals surface area contributed by atoms with Gasteiger partial charge in [-0.25, -0.2) is 4.79 Å². The molecule has 1 aromatic heterocycles. The van der Waals surface area contributed by atoms with Gasteiger partial charge in [0, 0.05) is 38.0 Å². The van der Waals surface area contributed by atoms with Crippen LogP contribution in [-0.4, -0.2) is 74.9 Å². The predicted octanol–water partition coefficient (Wildman–Crippen LogP) is 5.06. The number of rotatable bonds is 6. The van der Waals surface area contributed by atoms with Crippen LogP contribution >= 0.6 is 0 Å². The zero-order valence-corrected chi connectivity index (χ0v) is 23.2. The number of aromatic nitrogens is 2.